The molecule has 0 radical (unpaired) electrons. The summed E-state index contributed by atoms with van der Waals surface area (Å²) in [7, 11) is 1.86. The van der Waals surface area contributed by atoms with Crippen molar-refractivity contribution in [2.75, 3.05) is 12.4 Å². The van der Waals surface area contributed by atoms with Crippen molar-refractivity contribution in [2.24, 2.45) is 0 Å². The molecule has 2 atom stereocenters. The first-order chi connectivity index (χ1) is 12.0. The Balaban J connectivity index is 1.97. The average Bonchev–Trinajstić information content (AvgIpc) is 2.65. The normalized spacial score (nSPS) is 20.6. The van der Waals surface area contributed by atoms with Gasteiger partial charge in [0.2, 0.25) is 0 Å². The summed E-state index contributed by atoms with van der Waals surface area (Å²) in [5, 5.41) is 3.59. The first kappa shape index (κ1) is 17.3. The molecule has 0 saturated carbocycles. The van der Waals surface area contributed by atoms with Crippen molar-refractivity contribution in [3.63, 3.8) is 0 Å². The molecule has 0 aliphatic carbocycles. The summed E-state index contributed by atoms with van der Waals surface area (Å²) in [6.45, 7) is 6.26. The van der Waals surface area contributed by atoms with Gasteiger partial charge >= 0.3 is 0 Å². The van der Waals surface area contributed by atoms with Crippen LogP contribution in [-0.4, -0.2) is 24.0 Å². The second-order valence-corrected chi connectivity index (χ2v) is 6.61. The number of para-hydroxylation sites is 1. The van der Waals surface area contributed by atoms with Crippen LogP contribution in [0.15, 0.2) is 48.5 Å². The lowest BCUT2D eigenvalue weighted by Crippen LogP contribution is -2.55. The number of amides is 1. The molecule has 1 amide bonds. The van der Waals surface area contributed by atoms with Crippen LogP contribution in [0.1, 0.15) is 49.5 Å². The van der Waals surface area contributed by atoms with Crippen LogP contribution in [0, 0.1) is 0 Å². The highest BCUT2D eigenvalue weighted by Gasteiger charge is 2.42. The lowest BCUT2D eigenvalue weighted by molar-refractivity contribution is 0.0572. The van der Waals surface area contributed by atoms with Crippen molar-refractivity contribution in [1.29, 1.82) is 0 Å². The van der Waals surface area contributed by atoms with Gasteiger partial charge < -0.3 is 15.0 Å². The third-order valence-electron chi connectivity index (χ3n) is 5.13. The fourth-order valence-electron chi connectivity index (χ4n) is 3.36. The number of hydrogen-bond acceptors (Lipinski definition) is 3. The number of carbonyl (C=O) groups excluding carboxylic acids is 1. The zero-order chi connectivity index (χ0) is 18.0. The molecular formula is C21H26N2O2. The van der Waals surface area contributed by atoms with Gasteiger partial charge in [0.25, 0.3) is 5.91 Å². The van der Waals surface area contributed by atoms with Crippen LogP contribution in [0.25, 0.3) is 0 Å². The molecule has 1 aliphatic rings. The zero-order valence-electron chi connectivity index (χ0n) is 15.4. The topological polar surface area (TPSA) is 41.6 Å². The van der Waals surface area contributed by atoms with E-state index in [2.05, 4.69) is 26.1 Å². The number of nitrogens with zero attached hydrogens (tertiary/aromatic N) is 1. The Labute approximate surface area is 149 Å². The molecule has 1 heterocycles. The summed E-state index contributed by atoms with van der Waals surface area (Å²) >= 11 is 0. The molecule has 2 aromatic carbocycles. The average molecular weight is 338 g/mol. The number of ether oxygens (including phenoxy) is 1. The van der Waals surface area contributed by atoms with Gasteiger partial charge in [-0.25, -0.2) is 0 Å². The summed E-state index contributed by atoms with van der Waals surface area (Å²) in [4.78, 5) is 14.7. The Kier molecular flexibility index (Phi) is 4.71. The SMILES string of the molecule is CCC(C)Oc1ccc(C2(CC)Nc3ccccc3C(=O)N2C)cc1. The molecule has 4 heteroatoms. The van der Waals surface area contributed by atoms with Crippen LogP contribution in [0.3, 0.4) is 0 Å². The molecule has 132 valence electrons. The van der Waals surface area contributed by atoms with Crippen LogP contribution in [-0.2, 0) is 5.66 Å². The van der Waals surface area contributed by atoms with Crippen molar-refractivity contribution in [3.05, 3.63) is 59.7 Å². The Bertz CT molecular complexity index is 757. The van der Waals surface area contributed by atoms with Gasteiger partial charge in [-0.15, -0.1) is 0 Å². The molecular weight excluding hydrogens is 312 g/mol. The number of hydrogen-bond donors (Lipinski definition) is 1. The second-order valence-electron chi connectivity index (χ2n) is 6.61. The summed E-state index contributed by atoms with van der Waals surface area (Å²) in [5.74, 6) is 0.894. The van der Waals surface area contributed by atoms with Crippen molar-refractivity contribution < 1.29 is 9.53 Å². The molecule has 0 spiro atoms. The number of anilines is 1. The standard InChI is InChI=1S/C21H26N2O2/c1-5-15(3)25-17-13-11-16(12-14-17)21(6-2)22-19-10-8-7-9-18(19)20(24)23(21)4/h7-15,22H,5-6H2,1-4H3. The van der Waals surface area contributed by atoms with Gasteiger partial charge in [-0.3, -0.25) is 4.79 Å². The largest absolute Gasteiger partial charge is 0.491 e. The number of carbonyl (C=O) groups is 1. The van der Waals surface area contributed by atoms with E-state index < -0.39 is 5.66 Å². The minimum Gasteiger partial charge on any atom is -0.491 e. The minimum atomic E-state index is -0.555. The molecule has 0 fully saturated rings. The first-order valence-electron chi connectivity index (χ1n) is 8.94. The van der Waals surface area contributed by atoms with Crippen molar-refractivity contribution in [2.45, 2.75) is 45.4 Å². The van der Waals surface area contributed by atoms with E-state index in [0.29, 0.717) is 5.56 Å². The van der Waals surface area contributed by atoms with E-state index in [9.17, 15) is 4.79 Å². The maximum absolute atomic E-state index is 12.9. The molecule has 0 bridgehead atoms. The van der Waals surface area contributed by atoms with Crippen LogP contribution in [0.4, 0.5) is 5.69 Å². The van der Waals surface area contributed by atoms with E-state index in [1.54, 1.807) is 4.90 Å². The van der Waals surface area contributed by atoms with E-state index in [0.717, 1.165) is 29.8 Å². The van der Waals surface area contributed by atoms with Gasteiger partial charge in [0.15, 0.2) is 0 Å². The van der Waals surface area contributed by atoms with Gasteiger partial charge in [-0.1, -0.05) is 38.1 Å². The molecule has 3 rings (SSSR count). The van der Waals surface area contributed by atoms with Gasteiger partial charge in [-0.2, -0.15) is 0 Å². The molecule has 1 N–H and O–H groups in total. The maximum Gasteiger partial charge on any atom is 0.257 e. The number of nitrogens with one attached hydrogen (secondary N) is 1. The first-order valence-corrected chi connectivity index (χ1v) is 8.94. The second kappa shape index (κ2) is 6.79. The summed E-state index contributed by atoms with van der Waals surface area (Å²) < 4.78 is 5.88. The third-order valence-corrected chi connectivity index (χ3v) is 5.13. The molecule has 1 aliphatic heterocycles. The monoisotopic (exact) mass is 338 g/mol. The zero-order valence-corrected chi connectivity index (χ0v) is 15.4. The summed E-state index contributed by atoms with van der Waals surface area (Å²) in [5.41, 5.74) is 2.09. The lowest BCUT2D eigenvalue weighted by atomic mass is 9.90. The van der Waals surface area contributed by atoms with E-state index in [1.165, 1.54) is 0 Å². The number of rotatable bonds is 5. The molecule has 2 unspecified atom stereocenters. The minimum absolute atomic E-state index is 0.0381. The smallest absolute Gasteiger partial charge is 0.257 e. The van der Waals surface area contributed by atoms with Crippen molar-refractivity contribution in [1.82, 2.24) is 4.90 Å². The van der Waals surface area contributed by atoms with E-state index in [1.807, 2.05) is 55.6 Å². The predicted molar refractivity (Wildman–Crippen MR) is 101 cm³/mol. The highest BCUT2D eigenvalue weighted by atomic mass is 16.5. The van der Waals surface area contributed by atoms with Crippen molar-refractivity contribution >= 4 is 11.6 Å². The highest BCUT2D eigenvalue weighted by Crippen LogP contribution is 2.39. The summed E-state index contributed by atoms with van der Waals surface area (Å²) in [6.07, 6.45) is 1.92. The molecule has 0 saturated heterocycles. The van der Waals surface area contributed by atoms with Crippen LogP contribution >= 0.6 is 0 Å². The van der Waals surface area contributed by atoms with Gasteiger partial charge in [0, 0.05) is 12.7 Å². The highest BCUT2D eigenvalue weighted by molar-refractivity contribution is 6.02. The molecule has 0 aromatic heterocycles. The number of benzene rings is 2. The Morgan fingerprint density at radius 1 is 1.12 bits per heavy atom. The van der Waals surface area contributed by atoms with Gasteiger partial charge in [0.05, 0.1) is 11.7 Å². The van der Waals surface area contributed by atoms with Gasteiger partial charge in [-0.05, 0) is 49.6 Å². The van der Waals surface area contributed by atoms with Crippen LogP contribution in [0.5, 0.6) is 5.75 Å². The quantitative estimate of drug-likeness (QED) is 0.864. The van der Waals surface area contributed by atoms with E-state index in [-0.39, 0.29) is 12.0 Å². The van der Waals surface area contributed by atoms with E-state index in [4.69, 9.17) is 4.74 Å². The molecule has 25 heavy (non-hydrogen) atoms. The fourth-order valence-corrected chi connectivity index (χ4v) is 3.36. The summed E-state index contributed by atoms with van der Waals surface area (Å²) in [6, 6.07) is 15.7. The predicted octanol–water partition coefficient (Wildman–Crippen LogP) is 4.62. The Morgan fingerprint density at radius 3 is 2.44 bits per heavy atom. The van der Waals surface area contributed by atoms with E-state index >= 15 is 0 Å². The maximum atomic E-state index is 12.9. The third kappa shape index (κ3) is 2.97. The Hall–Kier alpha value is -2.49. The van der Waals surface area contributed by atoms with Crippen LogP contribution < -0.4 is 10.1 Å². The Morgan fingerprint density at radius 2 is 1.80 bits per heavy atom. The lowest BCUT2D eigenvalue weighted by Gasteiger charge is -2.46. The van der Waals surface area contributed by atoms with Crippen LogP contribution in [0.2, 0.25) is 0 Å². The molecule has 4 nitrogen and oxygen atoms in total. The fraction of sp³-hybridized carbons (Fsp3) is 0.381. The number of fused-ring (bicyclic) bond motifs is 1. The van der Waals surface area contributed by atoms with Crippen molar-refractivity contribution in [3.8, 4) is 5.75 Å². The van der Waals surface area contributed by atoms with Gasteiger partial charge in [0.1, 0.15) is 11.4 Å². The molecule has 2 aromatic rings.